The summed E-state index contributed by atoms with van der Waals surface area (Å²) in [6.07, 6.45) is 4.01. The van der Waals surface area contributed by atoms with Gasteiger partial charge in [0.2, 0.25) is 11.8 Å². The molecule has 0 unspecified atom stereocenters. The molecule has 2 fully saturated rings. The summed E-state index contributed by atoms with van der Waals surface area (Å²) >= 11 is 0. The van der Waals surface area contributed by atoms with E-state index in [1.807, 2.05) is 32.1 Å². The lowest BCUT2D eigenvalue weighted by atomic mass is 9.59. The van der Waals surface area contributed by atoms with Gasteiger partial charge >= 0.3 is 7.12 Å². The van der Waals surface area contributed by atoms with Crippen molar-refractivity contribution in [1.29, 1.82) is 0 Å². The third kappa shape index (κ3) is 3.61. The van der Waals surface area contributed by atoms with E-state index in [2.05, 4.69) is 0 Å². The molecule has 0 bridgehead atoms. The highest BCUT2D eigenvalue weighted by Gasteiger charge is 2.55. The summed E-state index contributed by atoms with van der Waals surface area (Å²) < 4.78 is 5.90. The highest BCUT2D eigenvalue weighted by atomic mass is 16.5. The number of amides is 2. The molecule has 3 aliphatic rings. The molecule has 4 rings (SSSR count). The molecule has 7 heteroatoms. The zero-order chi connectivity index (χ0) is 21.6. The number of carbonyl (C=O) groups excluding carboxylic acids is 2. The molecule has 2 N–H and O–H groups in total. The molecular formula is C23H28BNO5. The fourth-order valence-corrected chi connectivity index (χ4v) is 5.38. The van der Waals surface area contributed by atoms with Crippen LogP contribution in [0.1, 0.15) is 38.7 Å². The van der Waals surface area contributed by atoms with Crippen molar-refractivity contribution < 1.29 is 24.4 Å². The average molecular weight is 409 g/mol. The van der Waals surface area contributed by atoms with E-state index >= 15 is 0 Å². The Morgan fingerprint density at radius 2 is 2.00 bits per heavy atom. The Morgan fingerprint density at radius 3 is 2.73 bits per heavy atom. The van der Waals surface area contributed by atoms with Crippen LogP contribution >= 0.6 is 0 Å². The molecule has 2 amide bonds. The smallest absolute Gasteiger partial charge is 0.455 e. The number of phenolic OH excluding ortho intramolecular Hbond substituents is 1. The van der Waals surface area contributed by atoms with Gasteiger partial charge in [0.15, 0.2) is 0 Å². The number of phenols is 1. The molecule has 2 aliphatic heterocycles. The standard InChI is InChI=1S/C23H28BNO5/c1-13(10-15-6-4-5-7-18(15)26)8-9-19-20-14(2)11-16-21(17(20)12-24(29)30-19)23(28)25(3)22(16)27/h4-7,10,16-17,19,21,26,29H,8-9,11-12H2,1-3H3/b13-10+/t16-,17+,19-,21-/m1/s1. The maximum absolute atomic E-state index is 12.8. The Hall–Kier alpha value is -2.38. The number of likely N-dealkylation sites (tertiary alicyclic amines) is 1. The van der Waals surface area contributed by atoms with Crippen LogP contribution in [0.25, 0.3) is 6.08 Å². The van der Waals surface area contributed by atoms with Crippen LogP contribution in [0.3, 0.4) is 0 Å². The minimum absolute atomic E-state index is 0.109. The van der Waals surface area contributed by atoms with Gasteiger partial charge in [-0.1, -0.05) is 35.4 Å². The molecule has 0 radical (unpaired) electrons. The number of carbonyl (C=O) groups is 2. The van der Waals surface area contributed by atoms with E-state index in [4.69, 9.17) is 4.65 Å². The minimum Gasteiger partial charge on any atom is -0.507 e. The monoisotopic (exact) mass is 409 g/mol. The van der Waals surface area contributed by atoms with Crippen LogP contribution < -0.4 is 0 Å². The van der Waals surface area contributed by atoms with Crippen molar-refractivity contribution in [2.45, 2.75) is 45.5 Å². The molecule has 0 saturated carbocycles. The summed E-state index contributed by atoms with van der Waals surface area (Å²) in [5.74, 6) is -0.857. The van der Waals surface area contributed by atoms with Crippen molar-refractivity contribution in [3.63, 3.8) is 0 Å². The topological polar surface area (TPSA) is 87.1 Å². The molecule has 1 aromatic carbocycles. The summed E-state index contributed by atoms with van der Waals surface area (Å²) in [7, 11) is 0.616. The van der Waals surface area contributed by atoms with Crippen molar-refractivity contribution in [3.05, 3.63) is 46.5 Å². The second-order valence-electron chi connectivity index (χ2n) is 8.82. The molecule has 2 saturated heterocycles. The number of fused-ring (bicyclic) bond motifs is 3. The Bertz CT molecular complexity index is 939. The first kappa shape index (κ1) is 20.9. The first-order valence-electron chi connectivity index (χ1n) is 10.6. The quantitative estimate of drug-likeness (QED) is 0.454. The zero-order valence-electron chi connectivity index (χ0n) is 17.7. The van der Waals surface area contributed by atoms with Gasteiger partial charge in [-0.25, -0.2) is 0 Å². The minimum atomic E-state index is -0.938. The summed E-state index contributed by atoms with van der Waals surface area (Å²) in [6, 6.07) is 7.20. The van der Waals surface area contributed by atoms with Gasteiger partial charge in [0.25, 0.3) is 0 Å². The summed E-state index contributed by atoms with van der Waals surface area (Å²) in [5, 5.41) is 20.4. The number of allylic oxidation sites excluding steroid dienone is 2. The third-order valence-electron chi connectivity index (χ3n) is 6.81. The predicted molar refractivity (Wildman–Crippen MR) is 114 cm³/mol. The van der Waals surface area contributed by atoms with E-state index in [1.54, 1.807) is 19.2 Å². The summed E-state index contributed by atoms with van der Waals surface area (Å²) in [6.45, 7) is 4.03. The molecular weight excluding hydrogens is 381 g/mol. The maximum atomic E-state index is 12.8. The SMILES string of the molecule is CC1=C2[C@@H](CC/C(C)=C/c3ccccc3O)OB(O)C[C@@H]2[C@@H]2C(=O)N(C)C(=O)[C@@H]2C1. The van der Waals surface area contributed by atoms with Crippen molar-refractivity contribution in [3.8, 4) is 5.75 Å². The number of benzene rings is 1. The number of para-hydroxylation sites is 1. The molecule has 0 spiro atoms. The molecule has 158 valence electrons. The fourth-order valence-electron chi connectivity index (χ4n) is 5.38. The number of aromatic hydroxyl groups is 1. The lowest BCUT2D eigenvalue weighted by Crippen LogP contribution is -2.45. The molecule has 1 aliphatic carbocycles. The largest absolute Gasteiger partial charge is 0.507 e. The Kier molecular flexibility index (Phi) is 5.60. The first-order valence-corrected chi connectivity index (χ1v) is 10.6. The molecule has 1 aromatic rings. The Labute approximate surface area is 177 Å². The number of imide groups is 1. The third-order valence-corrected chi connectivity index (χ3v) is 6.81. The average Bonchev–Trinajstić information content (AvgIpc) is 2.92. The van der Waals surface area contributed by atoms with Crippen LogP contribution in [0.15, 0.2) is 41.0 Å². The normalized spacial score (nSPS) is 29.4. The van der Waals surface area contributed by atoms with Crippen molar-refractivity contribution in [2.24, 2.45) is 17.8 Å². The number of rotatable bonds is 4. The highest BCUT2D eigenvalue weighted by Crippen LogP contribution is 2.50. The fraction of sp³-hybridized carbons (Fsp3) is 0.478. The van der Waals surface area contributed by atoms with Crippen LogP contribution in [-0.2, 0) is 14.2 Å². The summed E-state index contributed by atoms with van der Waals surface area (Å²) in [4.78, 5) is 26.5. The van der Waals surface area contributed by atoms with Crippen LogP contribution in [-0.4, -0.2) is 47.1 Å². The molecule has 6 nitrogen and oxygen atoms in total. The van der Waals surface area contributed by atoms with Crippen molar-refractivity contribution in [2.75, 3.05) is 7.05 Å². The lowest BCUT2D eigenvalue weighted by molar-refractivity contribution is -0.138. The van der Waals surface area contributed by atoms with E-state index in [1.165, 1.54) is 4.90 Å². The van der Waals surface area contributed by atoms with E-state index in [9.17, 15) is 19.7 Å². The summed E-state index contributed by atoms with van der Waals surface area (Å²) in [5.41, 5.74) is 4.06. The molecule has 2 heterocycles. The van der Waals surface area contributed by atoms with Gasteiger partial charge in [0.1, 0.15) is 5.75 Å². The number of nitrogens with zero attached hydrogens (tertiary/aromatic N) is 1. The van der Waals surface area contributed by atoms with Gasteiger partial charge in [-0.3, -0.25) is 14.5 Å². The second kappa shape index (κ2) is 8.04. The first-order chi connectivity index (χ1) is 14.3. The van der Waals surface area contributed by atoms with Crippen LogP contribution in [0.4, 0.5) is 0 Å². The predicted octanol–water partition coefficient (Wildman–Crippen LogP) is 3.02. The lowest BCUT2D eigenvalue weighted by Gasteiger charge is -2.42. The number of hydrogen-bond donors (Lipinski definition) is 2. The Balaban J connectivity index is 1.55. The zero-order valence-corrected chi connectivity index (χ0v) is 17.7. The van der Waals surface area contributed by atoms with E-state index in [-0.39, 0.29) is 41.4 Å². The molecule has 0 aromatic heterocycles. The van der Waals surface area contributed by atoms with Crippen LogP contribution in [0.2, 0.25) is 6.32 Å². The van der Waals surface area contributed by atoms with Crippen LogP contribution in [0.5, 0.6) is 5.75 Å². The maximum Gasteiger partial charge on any atom is 0.455 e. The number of hydrogen-bond acceptors (Lipinski definition) is 5. The van der Waals surface area contributed by atoms with Crippen LogP contribution in [0, 0.1) is 17.8 Å². The van der Waals surface area contributed by atoms with Gasteiger partial charge in [0, 0.05) is 12.6 Å². The second-order valence-corrected chi connectivity index (χ2v) is 8.82. The Morgan fingerprint density at radius 1 is 1.27 bits per heavy atom. The van der Waals surface area contributed by atoms with Crippen molar-refractivity contribution in [1.82, 2.24) is 4.90 Å². The van der Waals surface area contributed by atoms with Gasteiger partial charge in [-0.2, -0.15) is 0 Å². The van der Waals surface area contributed by atoms with Gasteiger partial charge in [0.05, 0.1) is 17.9 Å². The van der Waals surface area contributed by atoms with Gasteiger partial charge < -0.3 is 14.8 Å². The molecule has 4 atom stereocenters. The van der Waals surface area contributed by atoms with Gasteiger partial charge in [-0.15, -0.1) is 0 Å². The van der Waals surface area contributed by atoms with E-state index < -0.39 is 7.12 Å². The van der Waals surface area contributed by atoms with Crippen molar-refractivity contribution >= 4 is 25.0 Å². The van der Waals surface area contributed by atoms with Gasteiger partial charge in [-0.05, 0) is 57.0 Å². The molecule has 30 heavy (non-hydrogen) atoms. The van der Waals surface area contributed by atoms with E-state index in [0.717, 1.165) is 28.7 Å². The highest BCUT2D eigenvalue weighted by molar-refractivity contribution is 6.43. The van der Waals surface area contributed by atoms with E-state index in [0.29, 0.717) is 19.2 Å².